The standard InChI is InChI=1S/C17H17N5OS/c1-11(24-17-20-16(18)21-22-17)15(23)19-14-10-6-5-9-13(14)12-7-3-2-4-8-12/h2-11H,1H3,(H,19,23)(H3,18,20,21,22)/t11-/m1/s1. The van der Waals surface area contributed by atoms with Gasteiger partial charge in [0.05, 0.1) is 5.25 Å². The van der Waals surface area contributed by atoms with Gasteiger partial charge in [0, 0.05) is 11.3 Å². The Morgan fingerprint density at radius 2 is 1.88 bits per heavy atom. The molecule has 0 spiro atoms. The monoisotopic (exact) mass is 339 g/mol. The van der Waals surface area contributed by atoms with E-state index in [-0.39, 0.29) is 17.1 Å². The Bertz CT molecular complexity index is 834. The Labute approximate surface area is 143 Å². The maximum atomic E-state index is 12.5. The lowest BCUT2D eigenvalue weighted by atomic mass is 10.0. The highest BCUT2D eigenvalue weighted by Gasteiger charge is 2.18. The van der Waals surface area contributed by atoms with Gasteiger partial charge in [-0.05, 0) is 18.6 Å². The molecule has 24 heavy (non-hydrogen) atoms. The second-order valence-electron chi connectivity index (χ2n) is 5.16. The predicted molar refractivity (Wildman–Crippen MR) is 96.6 cm³/mol. The maximum absolute atomic E-state index is 12.5. The summed E-state index contributed by atoms with van der Waals surface area (Å²) in [6, 6.07) is 17.7. The summed E-state index contributed by atoms with van der Waals surface area (Å²) in [5, 5.41) is 9.56. The maximum Gasteiger partial charge on any atom is 0.237 e. The molecule has 0 saturated carbocycles. The van der Waals surface area contributed by atoms with E-state index in [0.717, 1.165) is 16.8 Å². The number of para-hydroxylation sites is 1. The van der Waals surface area contributed by atoms with E-state index in [4.69, 9.17) is 5.73 Å². The number of hydrogen-bond donors (Lipinski definition) is 3. The number of thioether (sulfide) groups is 1. The molecular weight excluding hydrogens is 322 g/mol. The molecule has 3 rings (SSSR count). The fourth-order valence-electron chi connectivity index (χ4n) is 2.22. The van der Waals surface area contributed by atoms with Gasteiger partial charge in [-0.25, -0.2) is 5.10 Å². The van der Waals surface area contributed by atoms with E-state index in [1.807, 2.05) is 54.6 Å². The molecule has 0 bridgehead atoms. The van der Waals surface area contributed by atoms with Crippen molar-refractivity contribution in [2.75, 3.05) is 11.1 Å². The number of nitrogens with two attached hydrogens (primary N) is 1. The summed E-state index contributed by atoms with van der Waals surface area (Å²) in [7, 11) is 0. The van der Waals surface area contributed by atoms with Crippen molar-refractivity contribution in [3.63, 3.8) is 0 Å². The lowest BCUT2D eigenvalue weighted by molar-refractivity contribution is -0.115. The van der Waals surface area contributed by atoms with E-state index in [0.29, 0.717) is 5.16 Å². The van der Waals surface area contributed by atoms with E-state index in [1.54, 1.807) is 6.92 Å². The van der Waals surface area contributed by atoms with Crippen LogP contribution in [0.4, 0.5) is 11.6 Å². The molecular formula is C17H17N5OS. The van der Waals surface area contributed by atoms with Crippen LogP contribution < -0.4 is 11.1 Å². The van der Waals surface area contributed by atoms with E-state index in [1.165, 1.54) is 11.8 Å². The average molecular weight is 339 g/mol. The molecule has 1 atom stereocenters. The molecule has 0 aliphatic heterocycles. The minimum atomic E-state index is -0.357. The third-order valence-corrected chi connectivity index (χ3v) is 4.36. The zero-order valence-corrected chi connectivity index (χ0v) is 13.9. The van der Waals surface area contributed by atoms with Crippen molar-refractivity contribution in [2.45, 2.75) is 17.3 Å². The van der Waals surface area contributed by atoms with E-state index in [2.05, 4.69) is 20.5 Å². The Morgan fingerprint density at radius 3 is 2.58 bits per heavy atom. The van der Waals surface area contributed by atoms with Gasteiger partial charge in [0.25, 0.3) is 0 Å². The van der Waals surface area contributed by atoms with Gasteiger partial charge in [-0.15, -0.1) is 5.10 Å². The number of rotatable bonds is 5. The summed E-state index contributed by atoms with van der Waals surface area (Å²) in [4.78, 5) is 16.5. The summed E-state index contributed by atoms with van der Waals surface area (Å²) in [5.74, 6) is 0.117. The number of nitrogens with one attached hydrogen (secondary N) is 2. The topological polar surface area (TPSA) is 96.7 Å². The largest absolute Gasteiger partial charge is 0.368 e. The van der Waals surface area contributed by atoms with E-state index < -0.39 is 0 Å². The summed E-state index contributed by atoms with van der Waals surface area (Å²) in [6.07, 6.45) is 0. The molecule has 3 aromatic rings. The van der Waals surface area contributed by atoms with Crippen LogP contribution in [0.3, 0.4) is 0 Å². The lowest BCUT2D eigenvalue weighted by Gasteiger charge is -2.14. The van der Waals surface area contributed by atoms with Gasteiger partial charge >= 0.3 is 0 Å². The highest BCUT2D eigenvalue weighted by atomic mass is 32.2. The third kappa shape index (κ3) is 3.75. The molecule has 7 heteroatoms. The van der Waals surface area contributed by atoms with Gasteiger partial charge in [0.2, 0.25) is 17.0 Å². The smallest absolute Gasteiger partial charge is 0.237 e. The van der Waals surface area contributed by atoms with Crippen LogP contribution in [0.1, 0.15) is 6.92 Å². The Hall–Kier alpha value is -2.80. The lowest BCUT2D eigenvalue weighted by Crippen LogP contribution is -2.22. The van der Waals surface area contributed by atoms with Crippen molar-refractivity contribution in [2.24, 2.45) is 0 Å². The number of amides is 1. The van der Waals surface area contributed by atoms with Gasteiger partial charge in [-0.1, -0.05) is 60.3 Å². The number of hydrogen-bond acceptors (Lipinski definition) is 5. The van der Waals surface area contributed by atoms with Crippen molar-refractivity contribution in [1.29, 1.82) is 0 Å². The Kier molecular flexibility index (Phi) is 4.81. The molecule has 0 radical (unpaired) electrons. The van der Waals surface area contributed by atoms with Crippen molar-refractivity contribution >= 4 is 29.3 Å². The Balaban J connectivity index is 1.75. The fourth-order valence-corrected chi connectivity index (χ4v) is 2.95. The summed E-state index contributed by atoms with van der Waals surface area (Å²) >= 11 is 1.25. The summed E-state index contributed by atoms with van der Waals surface area (Å²) < 4.78 is 0. The number of carbonyl (C=O) groups is 1. The van der Waals surface area contributed by atoms with Crippen molar-refractivity contribution < 1.29 is 4.79 Å². The van der Waals surface area contributed by atoms with Crippen LogP contribution in [-0.4, -0.2) is 26.3 Å². The molecule has 0 fully saturated rings. The average Bonchev–Trinajstić information content (AvgIpc) is 3.01. The first kappa shape index (κ1) is 16.1. The van der Waals surface area contributed by atoms with Gasteiger partial charge in [-0.3, -0.25) is 4.79 Å². The molecule has 0 unspecified atom stereocenters. The van der Waals surface area contributed by atoms with E-state index in [9.17, 15) is 4.79 Å². The molecule has 6 nitrogen and oxygen atoms in total. The number of carbonyl (C=O) groups excluding carboxylic acids is 1. The number of nitrogen functional groups attached to an aromatic ring is 1. The SMILES string of the molecule is C[C@@H](Sc1n[nH]c(N)n1)C(=O)Nc1ccccc1-c1ccccc1. The molecule has 2 aromatic carbocycles. The molecule has 4 N–H and O–H groups in total. The van der Waals surface area contributed by atoms with Crippen LogP contribution in [0.2, 0.25) is 0 Å². The van der Waals surface area contributed by atoms with E-state index >= 15 is 0 Å². The molecule has 1 amide bonds. The fraction of sp³-hybridized carbons (Fsp3) is 0.118. The first-order valence-corrected chi connectivity index (χ1v) is 8.31. The highest BCUT2D eigenvalue weighted by Crippen LogP contribution is 2.28. The molecule has 0 saturated heterocycles. The molecule has 122 valence electrons. The second kappa shape index (κ2) is 7.18. The number of benzene rings is 2. The highest BCUT2D eigenvalue weighted by molar-refractivity contribution is 8.00. The van der Waals surface area contributed by atoms with Crippen LogP contribution in [0, 0.1) is 0 Å². The molecule has 1 heterocycles. The van der Waals surface area contributed by atoms with Gasteiger partial charge in [-0.2, -0.15) is 4.98 Å². The number of H-pyrrole nitrogens is 1. The molecule has 0 aliphatic rings. The van der Waals surface area contributed by atoms with Crippen LogP contribution in [0.5, 0.6) is 0 Å². The number of anilines is 2. The van der Waals surface area contributed by atoms with Crippen LogP contribution in [0.25, 0.3) is 11.1 Å². The second-order valence-corrected chi connectivity index (χ2v) is 6.47. The minimum Gasteiger partial charge on any atom is -0.368 e. The number of aromatic nitrogens is 3. The molecule has 0 aliphatic carbocycles. The van der Waals surface area contributed by atoms with Gasteiger partial charge < -0.3 is 11.1 Å². The Morgan fingerprint density at radius 1 is 1.17 bits per heavy atom. The van der Waals surface area contributed by atoms with Gasteiger partial charge in [0.15, 0.2) is 0 Å². The predicted octanol–water partition coefficient (Wildman–Crippen LogP) is 3.17. The summed E-state index contributed by atoms with van der Waals surface area (Å²) in [5.41, 5.74) is 8.30. The summed E-state index contributed by atoms with van der Waals surface area (Å²) in [6.45, 7) is 1.80. The van der Waals surface area contributed by atoms with Crippen molar-refractivity contribution in [3.8, 4) is 11.1 Å². The first-order valence-electron chi connectivity index (χ1n) is 7.43. The van der Waals surface area contributed by atoms with Crippen LogP contribution >= 0.6 is 11.8 Å². The number of aromatic amines is 1. The minimum absolute atomic E-state index is 0.119. The third-order valence-electron chi connectivity index (χ3n) is 3.40. The zero-order valence-electron chi connectivity index (χ0n) is 13.1. The zero-order chi connectivity index (χ0) is 16.9. The van der Waals surface area contributed by atoms with Crippen molar-refractivity contribution in [1.82, 2.24) is 15.2 Å². The van der Waals surface area contributed by atoms with Crippen LogP contribution in [-0.2, 0) is 4.79 Å². The molecule has 1 aromatic heterocycles. The van der Waals surface area contributed by atoms with Gasteiger partial charge in [0.1, 0.15) is 0 Å². The number of nitrogens with zero attached hydrogens (tertiary/aromatic N) is 2. The quantitative estimate of drug-likeness (QED) is 0.620. The van der Waals surface area contributed by atoms with Crippen LogP contribution in [0.15, 0.2) is 59.8 Å². The van der Waals surface area contributed by atoms with Crippen molar-refractivity contribution in [3.05, 3.63) is 54.6 Å². The normalized spacial score (nSPS) is 11.9. The first-order chi connectivity index (χ1) is 11.6.